The first kappa shape index (κ1) is 19.1. The van der Waals surface area contributed by atoms with Crippen molar-refractivity contribution in [2.75, 3.05) is 31.6 Å². The van der Waals surface area contributed by atoms with Gasteiger partial charge in [0.05, 0.1) is 29.9 Å². The molecule has 1 aromatic carbocycles. The zero-order valence-electron chi connectivity index (χ0n) is 15.4. The van der Waals surface area contributed by atoms with Crippen LogP contribution in [0.25, 0.3) is 0 Å². The first-order valence-corrected chi connectivity index (χ1v) is 10.4. The van der Waals surface area contributed by atoms with Gasteiger partial charge in [0, 0.05) is 19.0 Å². The van der Waals surface area contributed by atoms with Crippen LogP contribution < -0.4 is 10.1 Å². The fraction of sp³-hybridized carbons (Fsp3) is 0.611. The fourth-order valence-electron chi connectivity index (χ4n) is 2.97. The number of amides is 1. The van der Waals surface area contributed by atoms with Gasteiger partial charge in [-0.1, -0.05) is 6.92 Å². The van der Waals surface area contributed by atoms with Crippen molar-refractivity contribution in [2.24, 2.45) is 11.8 Å². The highest BCUT2D eigenvalue weighted by Crippen LogP contribution is 2.39. The highest BCUT2D eigenvalue weighted by Gasteiger charge is 2.39. The van der Waals surface area contributed by atoms with E-state index in [0.717, 1.165) is 6.42 Å². The van der Waals surface area contributed by atoms with Crippen LogP contribution in [0.5, 0.6) is 5.75 Å². The molecule has 2 aliphatic rings. The molecule has 1 amide bonds. The third-order valence-electron chi connectivity index (χ3n) is 4.63. The summed E-state index contributed by atoms with van der Waals surface area (Å²) in [4.78, 5) is 12.5. The van der Waals surface area contributed by atoms with Gasteiger partial charge in [-0.25, -0.2) is 8.42 Å². The monoisotopic (exact) mass is 382 g/mol. The number of rotatable bonds is 6. The predicted molar refractivity (Wildman–Crippen MR) is 97.7 cm³/mol. The molecule has 1 aromatic rings. The summed E-state index contributed by atoms with van der Waals surface area (Å²) in [6.07, 6.45) is 0.769. The summed E-state index contributed by atoms with van der Waals surface area (Å²) in [5.74, 6) is 0.737. The first-order valence-electron chi connectivity index (χ1n) is 8.98. The van der Waals surface area contributed by atoms with E-state index >= 15 is 0 Å². The van der Waals surface area contributed by atoms with Crippen molar-refractivity contribution in [2.45, 2.75) is 38.2 Å². The molecule has 0 bridgehead atoms. The van der Waals surface area contributed by atoms with E-state index < -0.39 is 10.0 Å². The van der Waals surface area contributed by atoms with Gasteiger partial charge in [0.1, 0.15) is 5.75 Å². The molecule has 0 aromatic heterocycles. The normalized spacial score (nSPS) is 23.7. The van der Waals surface area contributed by atoms with E-state index in [1.54, 1.807) is 6.07 Å². The maximum Gasteiger partial charge on any atom is 0.243 e. The van der Waals surface area contributed by atoms with Crippen LogP contribution in [-0.2, 0) is 19.6 Å². The standard InChI is InChI=1S/C18H26N2O5S/c1-12(2)25-17-5-4-14(26(22,23)20-6-8-24-9-7-20)11-16(17)19-18(21)15-10-13(15)3/h4-5,11-13,15H,6-10H2,1-3H3,(H,19,21)/t13-,15+/m0/s1. The summed E-state index contributed by atoms with van der Waals surface area (Å²) in [5.41, 5.74) is 0.400. The summed E-state index contributed by atoms with van der Waals surface area (Å²) in [5, 5.41) is 2.85. The Labute approximate surface area is 154 Å². The Morgan fingerprint density at radius 2 is 1.96 bits per heavy atom. The lowest BCUT2D eigenvalue weighted by atomic mass is 10.2. The van der Waals surface area contributed by atoms with Crippen LogP contribution in [0.3, 0.4) is 0 Å². The van der Waals surface area contributed by atoms with Gasteiger partial charge in [-0.2, -0.15) is 4.31 Å². The summed E-state index contributed by atoms with van der Waals surface area (Å²) in [6, 6.07) is 4.63. The highest BCUT2D eigenvalue weighted by molar-refractivity contribution is 7.89. The van der Waals surface area contributed by atoms with Crippen LogP contribution in [0.15, 0.2) is 23.1 Å². The molecule has 1 saturated heterocycles. The number of carbonyl (C=O) groups excluding carboxylic acids is 1. The van der Waals surface area contributed by atoms with Crippen LogP contribution in [-0.4, -0.2) is 51.0 Å². The van der Waals surface area contributed by atoms with Crippen molar-refractivity contribution >= 4 is 21.6 Å². The third kappa shape index (κ3) is 4.19. The summed E-state index contributed by atoms with van der Waals surface area (Å²) >= 11 is 0. The molecule has 0 unspecified atom stereocenters. The molecule has 26 heavy (non-hydrogen) atoms. The maximum absolute atomic E-state index is 12.9. The number of morpholine rings is 1. The van der Waals surface area contributed by atoms with Crippen molar-refractivity contribution in [1.82, 2.24) is 4.31 Å². The average molecular weight is 382 g/mol. The molecule has 1 aliphatic carbocycles. The van der Waals surface area contributed by atoms with Crippen molar-refractivity contribution in [1.29, 1.82) is 0 Å². The number of sulfonamides is 1. The van der Waals surface area contributed by atoms with E-state index in [-0.39, 0.29) is 22.8 Å². The van der Waals surface area contributed by atoms with E-state index in [0.29, 0.717) is 43.7 Å². The minimum Gasteiger partial charge on any atom is -0.489 e. The van der Waals surface area contributed by atoms with E-state index in [4.69, 9.17) is 9.47 Å². The van der Waals surface area contributed by atoms with Crippen molar-refractivity contribution in [3.63, 3.8) is 0 Å². The van der Waals surface area contributed by atoms with Gasteiger partial charge >= 0.3 is 0 Å². The summed E-state index contributed by atoms with van der Waals surface area (Å²) in [7, 11) is -3.63. The Hall–Kier alpha value is -1.64. The molecular formula is C18H26N2O5S. The number of nitrogens with one attached hydrogen (secondary N) is 1. The minimum absolute atomic E-state index is 0.0126. The van der Waals surface area contributed by atoms with Crippen LogP contribution in [0.4, 0.5) is 5.69 Å². The second-order valence-corrected chi connectivity index (χ2v) is 9.09. The zero-order chi connectivity index (χ0) is 18.9. The lowest BCUT2D eigenvalue weighted by molar-refractivity contribution is -0.117. The third-order valence-corrected chi connectivity index (χ3v) is 6.52. The lowest BCUT2D eigenvalue weighted by Crippen LogP contribution is -2.40. The minimum atomic E-state index is -3.63. The molecule has 144 valence electrons. The Balaban J connectivity index is 1.89. The van der Waals surface area contributed by atoms with Crippen LogP contribution in [0, 0.1) is 11.8 Å². The lowest BCUT2D eigenvalue weighted by Gasteiger charge is -2.26. The van der Waals surface area contributed by atoms with Gasteiger partial charge in [0.25, 0.3) is 0 Å². The number of nitrogens with zero attached hydrogens (tertiary/aromatic N) is 1. The van der Waals surface area contributed by atoms with E-state index in [2.05, 4.69) is 5.32 Å². The quantitative estimate of drug-likeness (QED) is 0.814. The Kier molecular flexibility index (Phi) is 5.55. The SMILES string of the molecule is CC(C)Oc1ccc(S(=O)(=O)N2CCOCC2)cc1NC(=O)[C@@H]1C[C@@H]1C. The fourth-order valence-corrected chi connectivity index (χ4v) is 4.41. The smallest absolute Gasteiger partial charge is 0.243 e. The first-order chi connectivity index (χ1) is 12.3. The van der Waals surface area contributed by atoms with Gasteiger partial charge < -0.3 is 14.8 Å². The van der Waals surface area contributed by atoms with Crippen LogP contribution in [0.1, 0.15) is 27.2 Å². The molecule has 8 heteroatoms. The number of ether oxygens (including phenoxy) is 2. The molecule has 1 heterocycles. The largest absolute Gasteiger partial charge is 0.489 e. The van der Waals surface area contributed by atoms with E-state index in [1.807, 2.05) is 20.8 Å². The Morgan fingerprint density at radius 1 is 1.31 bits per heavy atom. The van der Waals surface area contributed by atoms with Crippen LogP contribution >= 0.6 is 0 Å². The predicted octanol–water partition coefficient (Wildman–Crippen LogP) is 2.09. The molecule has 2 atom stereocenters. The topological polar surface area (TPSA) is 84.9 Å². The number of anilines is 1. The number of hydrogen-bond acceptors (Lipinski definition) is 5. The molecule has 3 rings (SSSR count). The van der Waals surface area contributed by atoms with Gasteiger partial charge in [-0.05, 0) is 44.4 Å². The second-order valence-electron chi connectivity index (χ2n) is 7.15. The van der Waals surface area contributed by atoms with Gasteiger partial charge in [0.2, 0.25) is 15.9 Å². The van der Waals surface area contributed by atoms with Gasteiger partial charge in [-0.15, -0.1) is 0 Å². The molecule has 0 radical (unpaired) electrons. The van der Waals surface area contributed by atoms with Crippen molar-refractivity contribution in [3.8, 4) is 5.75 Å². The van der Waals surface area contributed by atoms with E-state index in [9.17, 15) is 13.2 Å². The molecule has 1 N–H and O–H groups in total. The average Bonchev–Trinajstić information content (AvgIpc) is 3.33. The molecule has 0 spiro atoms. The Morgan fingerprint density at radius 3 is 2.54 bits per heavy atom. The van der Waals surface area contributed by atoms with Crippen molar-refractivity contribution < 1.29 is 22.7 Å². The Bertz CT molecular complexity index is 772. The number of carbonyl (C=O) groups is 1. The zero-order valence-corrected chi connectivity index (χ0v) is 16.2. The summed E-state index contributed by atoms with van der Waals surface area (Å²) < 4.78 is 38.1. The molecule has 1 aliphatic heterocycles. The molecule has 2 fully saturated rings. The van der Waals surface area contributed by atoms with E-state index in [1.165, 1.54) is 16.4 Å². The highest BCUT2D eigenvalue weighted by atomic mass is 32.2. The summed E-state index contributed by atoms with van der Waals surface area (Å²) in [6.45, 7) is 7.21. The molecule has 1 saturated carbocycles. The number of hydrogen-bond donors (Lipinski definition) is 1. The number of benzene rings is 1. The van der Waals surface area contributed by atoms with Gasteiger partial charge in [-0.3, -0.25) is 4.79 Å². The van der Waals surface area contributed by atoms with Crippen molar-refractivity contribution in [3.05, 3.63) is 18.2 Å². The molecular weight excluding hydrogens is 356 g/mol. The van der Waals surface area contributed by atoms with Crippen LogP contribution in [0.2, 0.25) is 0 Å². The maximum atomic E-state index is 12.9. The second kappa shape index (κ2) is 7.54. The molecule has 7 nitrogen and oxygen atoms in total. The van der Waals surface area contributed by atoms with Gasteiger partial charge in [0.15, 0.2) is 0 Å².